The predicted octanol–water partition coefficient (Wildman–Crippen LogP) is 3.24. The summed E-state index contributed by atoms with van der Waals surface area (Å²) < 4.78 is 67.9. The lowest BCUT2D eigenvalue weighted by Gasteiger charge is -2.25. The number of benzene rings is 1. The molecule has 1 N–H and O–H groups in total. The average Bonchev–Trinajstić information content (AvgIpc) is 2.65. The van der Waals surface area contributed by atoms with E-state index in [1.54, 1.807) is 6.92 Å². The third kappa shape index (κ3) is 2.39. The van der Waals surface area contributed by atoms with Gasteiger partial charge in [0.05, 0.1) is 0 Å². The van der Waals surface area contributed by atoms with E-state index in [0.717, 1.165) is 12.1 Å². The summed E-state index contributed by atoms with van der Waals surface area (Å²) >= 11 is 0. The molecule has 2 rings (SSSR count). The average molecular weight is 282 g/mol. The monoisotopic (exact) mass is 282 g/mol. The second kappa shape index (κ2) is 4.33. The van der Waals surface area contributed by atoms with E-state index in [1.807, 2.05) is 0 Å². The largest absolute Gasteiger partial charge is 0.490 e. The highest BCUT2D eigenvalue weighted by atomic mass is 19.4. The zero-order valence-electron chi connectivity index (χ0n) is 9.84. The van der Waals surface area contributed by atoms with Crippen LogP contribution in [0.4, 0.5) is 22.0 Å². The minimum atomic E-state index is -5.80. The number of ether oxygens (including phenoxy) is 1. The van der Waals surface area contributed by atoms with Gasteiger partial charge in [0.2, 0.25) is 0 Å². The van der Waals surface area contributed by atoms with Gasteiger partial charge in [0, 0.05) is 6.42 Å². The van der Waals surface area contributed by atoms with Gasteiger partial charge in [-0.15, -0.1) is 0 Å². The van der Waals surface area contributed by atoms with Gasteiger partial charge >= 0.3 is 12.1 Å². The molecule has 0 amide bonds. The molecule has 7 heteroatoms. The maximum Gasteiger partial charge on any atom is 0.456 e. The molecule has 0 saturated carbocycles. The standard InChI is InChI=1S/C12H11F5O2/c1-6-4-8-5-7(2-3-9(8)19-6)10(18)11(13,14)12(15,16)17/h2-3,5-6,10,18H,4H2,1H3. The summed E-state index contributed by atoms with van der Waals surface area (Å²) in [6.07, 6.45) is -8.47. The quantitative estimate of drug-likeness (QED) is 0.844. The Hall–Kier alpha value is -1.37. The van der Waals surface area contributed by atoms with Crippen LogP contribution in [0.5, 0.6) is 5.75 Å². The number of aliphatic hydroxyl groups excluding tert-OH is 1. The topological polar surface area (TPSA) is 29.5 Å². The molecule has 0 fully saturated rings. The highest BCUT2D eigenvalue weighted by Crippen LogP contribution is 2.45. The van der Waals surface area contributed by atoms with Crippen molar-refractivity contribution in [3.05, 3.63) is 29.3 Å². The van der Waals surface area contributed by atoms with Crippen LogP contribution in [0.3, 0.4) is 0 Å². The van der Waals surface area contributed by atoms with Crippen molar-refractivity contribution in [1.29, 1.82) is 0 Å². The molecule has 0 saturated heterocycles. The third-order valence-corrected chi connectivity index (χ3v) is 2.96. The third-order valence-electron chi connectivity index (χ3n) is 2.96. The summed E-state index contributed by atoms with van der Waals surface area (Å²) in [4.78, 5) is 0. The van der Waals surface area contributed by atoms with Gasteiger partial charge in [-0.3, -0.25) is 0 Å². The molecule has 1 aromatic rings. The lowest BCUT2D eigenvalue weighted by atomic mass is 9.99. The zero-order valence-corrected chi connectivity index (χ0v) is 9.84. The molecule has 0 spiro atoms. The Kier molecular flexibility index (Phi) is 3.20. The molecule has 1 aliphatic heterocycles. The molecule has 0 aromatic heterocycles. The fourth-order valence-corrected chi connectivity index (χ4v) is 1.98. The summed E-state index contributed by atoms with van der Waals surface area (Å²) in [5.41, 5.74) is 0.0424. The van der Waals surface area contributed by atoms with Crippen LogP contribution in [0.25, 0.3) is 0 Å². The first-order valence-electron chi connectivity index (χ1n) is 5.55. The van der Waals surface area contributed by atoms with Crippen molar-refractivity contribution in [1.82, 2.24) is 0 Å². The highest BCUT2D eigenvalue weighted by molar-refractivity contribution is 5.41. The summed E-state index contributed by atoms with van der Waals surface area (Å²) in [5, 5.41) is 9.27. The molecule has 2 unspecified atom stereocenters. The number of aliphatic hydroxyl groups is 1. The molecule has 0 radical (unpaired) electrons. The van der Waals surface area contributed by atoms with Gasteiger partial charge in [-0.1, -0.05) is 6.07 Å². The number of hydrogen-bond donors (Lipinski definition) is 1. The number of halogens is 5. The maximum atomic E-state index is 13.0. The van der Waals surface area contributed by atoms with Crippen molar-refractivity contribution in [3.63, 3.8) is 0 Å². The number of alkyl halides is 5. The summed E-state index contributed by atoms with van der Waals surface area (Å²) in [7, 11) is 0. The van der Waals surface area contributed by atoms with Gasteiger partial charge in [-0.2, -0.15) is 22.0 Å². The fourth-order valence-electron chi connectivity index (χ4n) is 1.98. The Morgan fingerprint density at radius 2 is 1.89 bits per heavy atom. The van der Waals surface area contributed by atoms with Crippen molar-refractivity contribution in [3.8, 4) is 5.75 Å². The van der Waals surface area contributed by atoms with E-state index >= 15 is 0 Å². The number of rotatable bonds is 2. The van der Waals surface area contributed by atoms with Crippen LogP contribution in [0, 0.1) is 0 Å². The van der Waals surface area contributed by atoms with Crippen molar-refractivity contribution >= 4 is 0 Å². The lowest BCUT2D eigenvalue weighted by molar-refractivity contribution is -0.315. The van der Waals surface area contributed by atoms with Crippen LogP contribution in [0.1, 0.15) is 24.2 Å². The first kappa shape index (κ1) is 14.0. The van der Waals surface area contributed by atoms with Crippen LogP contribution in [0.15, 0.2) is 18.2 Å². The Morgan fingerprint density at radius 3 is 2.47 bits per heavy atom. The second-order valence-electron chi connectivity index (χ2n) is 4.52. The van der Waals surface area contributed by atoms with Crippen molar-refractivity contribution < 1.29 is 31.8 Å². The van der Waals surface area contributed by atoms with E-state index in [2.05, 4.69) is 0 Å². The van der Waals surface area contributed by atoms with Crippen LogP contribution < -0.4 is 4.74 Å². The summed E-state index contributed by atoms with van der Waals surface area (Å²) in [6.45, 7) is 1.75. The minimum Gasteiger partial charge on any atom is -0.490 e. The van der Waals surface area contributed by atoms with E-state index in [-0.39, 0.29) is 6.10 Å². The first-order valence-corrected chi connectivity index (χ1v) is 5.55. The number of fused-ring (bicyclic) bond motifs is 1. The van der Waals surface area contributed by atoms with Gasteiger partial charge in [-0.25, -0.2) is 0 Å². The molecule has 0 aliphatic carbocycles. The first-order chi connectivity index (χ1) is 8.63. The van der Waals surface area contributed by atoms with Gasteiger partial charge in [0.15, 0.2) is 6.10 Å². The van der Waals surface area contributed by atoms with E-state index in [9.17, 15) is 27.1 Å². The van der Waals surface area contributed by atoms with Crippen LogP contribution in [-0.2, 0) is 6.42 Å². The minimum absolute atomic E-state index is 0.162. The molecule has 1 aliphatic rings. The van der Waals surface area contributed by atoms with Gasteiger partial charge in [0.1, 0.15) is 11.9 Å². The molecule has 2 atom stereocenters. The molecular weight excluding hydrogens is 271 g/mol. The maximum absolute atomic E-state index is 13.0. The molecule has 0 bridgehead atoms. The van der Waals surface area contributed by atoms with E-state index in [4.69, 9.17) is 4.74 Å². The predicted molar refractivity (Wildman–Crippen MR) is 56.2 cm³/mol. The van der Waals surface area contributed by atoms with E-state index < -0.39 is 23.8 Å². The fraction of sp³-hybridized carbons (Fsp3) is 0.500. The smallest absolute Gasteiger partial charge is 0.456 e. The summed E-state index contributed by atoms with van der Waals surface area (Å²) in [6, 6.07) is 3.44. The highest BCUT2D eigenvalue weighted by Gasteiger charge is 2.62. The molecule has 19 heavy (non-hydrogen) atoms. The molecule has 1 aromatic carbocycles. The summed E-state index contributed by atoms with van der Waals surface area (Å²) in [5.74, 6) is -4.74. The zero-order chi connectivity index (χ0) is 14.4. The van der Waals surface area contributed by atoms with Gasteiger partial charge in [0.25, 0.3) is 0 Å². The molecule has 106 valence electrons. The van der Waals surface area contributed by atoms with E-state index in [1.165, 1.54) is 6.07 Å². The van der Waals surface area contributed by atoms with Crippen molar-refractivity contribution in [2.24, 2.45) is 0 Å². The van der Waals surface area contributed by atoms with Crippen LogP contribution >= 0.6 is 0 Å². The molecule has 2 nitrogen and oxygen atoms in total. The number of hydrogen-bond acceptors (Lipinski definition) is 2. The van der Waals surface area contributed by atoms with Crippen LogP contribution in [0.2, 0.25) is 0 Å². The normalized spacial score (nSPS) is 20.9. The Bertz CT molecular complexity index is 483. The lowest BCUT2D eigenvalue weighted by Crippen LogP contribution is -2.42. The van der Waals surface area contributed by atoms with Crippen molar-refractivity contribution in [2.45, 2.75) is 37.7 Å². The SMILES string of the molecule is CC1Cc2cc(C(O)C(F)(F)C(F)(F)F)ccc2O1. The Balaban J connectivity index is 2.31. The van der Waals surface area contributed by atoms with E-state index in [0.29, 0.717) is 17.7 Å². The molecular formula is C12H11F5O2. The second-order valence-corrected chi connectivity index (χ2v) is 4.52. The Morgan fingerprint density at radius 1 is 1.26 bits per heavy atom. The van der Waals surface area contributed by atoms with Crippen LogP contribution in [-0.4, -0.2) is 23.3 Å². The molecule has 1 heterocycles. The Labute approximate surface area is 105 Å². The van der Waals surface area contributed by atoms with Gasteiger partial charge in [-0.05, 0) is 30.2 Å². The van der Waals surface area contributed by atoms with Crippen molar-refractivity contribution in [2.75, 3.05) is 0 Å². The van der Waals surface area contributed by atoms with Gasteiger partial charge < -0.3 is 9.84 Å².